The molecule has 1 aliphatic heterocycles. The van der Waals surface area contributed by atoms with E-state index in [4.69, 9.17) is 10.2 Å². The van der Waals surface area contributed by atoms with Crippen LogP contribution in [0.5, 0.6) is 0 Å². The monoisotopic (exact) mass is 329 g/mol. The van der Waals surface area contributed by atoms with E-state index in [1.165, 1.54) is 10.4 Å². The number of carbonyl (C=O) groups excluding carboxylic acids is 1. The van der Waals surface area contributed by atoms with Crippen molar-refractivity contribution in [3.63, 3.8) is 0 Å². The molecule has 1 amide bonds. The molecule has 0 spiro atoms. The lowest BCUT2D eigenvalue weighted by molar-refractivity contribution is 0.0919. The van der Waals surface area contributed by atoms with Gasteiger partial charge in [-0.15, -0.1) is 0 Å². The number of hydrogen-bond donors (Lipinski definition) is 2. The van der Waals surface area contributed by atoms with Crippen LogP contribution in [0.25, 0.3) is 0 Å². The summed E-state index contributed by atoms with van der Waals surface area (Å²) in [7, 11) is -3.58. The summed E-state index contributed by atoms with van der Waals surface area (Å²) in [4.78, 5) is 12.1. The average molecular weight is 329 g/mol. The Bertz CT molecular complexity index is 633. The first-order valence-electron chi connectivity index (χ1n) is 7.45. The Hall–Kier alpha value is -1.38. The fourth-order valence-electron chi connectivity index (χ4n) is 2.34. The van der Waals surface area contributed by atoms with Crippen molar-refractivity contribution in [1.29, 1.82) is 0 Å². The Balaban J connectivity index is 2.15. The molecule has 1 fully saturated rings. The van der Waals surface area contributed by atoms with Crippen molar-refractivity contribution in [2.24, 2.45) is 11.7 Å². The highest BCUT2D eigenvalue weighted by molar-refractivity contribution is 7.89. The van der Waals surface area contributed by atoms with Crippen LogP contribution in [0.1, 0.15) is 36.1 Å². The van der Waals surface area contributed by atoms with E-state index in [9.17, 15) is 13.2 Å². The molecule has 2 heterocycles. The minimum Gasteiger partial charge on any atom is -0.455 e. The standard InChI is InChI=1S/C14H23N3O4S/c1-10(8-15)9-16-14(18)12-7-13(11(2)21-12)22(19,20)17-5-3-4-6-17/h7,10H,3-6,8-9,15H2,1-2H3,(H,16,18). The maximum absolute atomic E-state index is 12.5. The Labute approximate surface area is 130 Å². The van der Waals surface area contributed by atoms with Crippen molar-refractivity contribution in [2.75, 3.05) is 26.2 Å². The number of nitrogens with zero attached hydrogens (tertiary/aromatic N) is 1. The van der Waals surface area contributed by atoms with Gasteiger partial charge in [0.25, 0.3) is 5.91 Å². The molecule has 0 saturated carbocycles. The zero-order valence-corrected chi connectivity index (χ0v) is 13.8. The quantitative estimate of drug-likeness (QED) is 0.799. The number of furan rings is 1. The van der Waals surface area contributed by atoms with Gasteiger partial charge >= 0.3 is 0 Å². The van der Waals surface area contributed by atoms with Gasteiger partial charge in [-0.25, -0.2) is 8.42 Å². The molecule has 1 atom stereocenters. The molecule has 0 bridgehead atoms. The molecule has 7 nitrogen and oxygen atoms in total. The number of rotatable bonds is 6. The van der Waals surface area contributed by atoms with Gasteiger partial charge in [-0.3, -0.25) is 4.79 Å². The van der Waals surface area contributed by atoms with Gasteiger partial charge in [-0.1, -0.05) is 6.92 Å². The Morgan fingerprint density at radius 3 is 2.68 bits per heavy atom. The fraction of sp³-hybridized carbons (Fsp3) is 0.643. The molecule has 2 rings (SSSR count). The van der Waals surface area contributed by atoms with Crippen molar-refractivity contribution >= 4 is 15.9 Å². The highest BCUT2D eigenvalue weighted by Gasteiger charge is 2.31. The number of nitrogens with two attached hydrogens (primary N) is 1. The van der Waals surface area contributed by atoms with Crippen molar-refractivity contribution < 1.29 is 17.6 Å². The third-order valence-electron chi connectivity index (χ3n) is 3.79. The van der Waals surface area contributed by atoms with Gasteiger partial charge in [-0.05, 0) is 32.2 Å². The molecule has 22 heavy (non-hydrogen) atoms. The predicted octanol–water partition coefficient (Wildman–Crippen LogP) is 0.697. The van der Waals surface area contributed by atoms with E-state index in [1.54, 1.807) is 6.92 Å². The van der Waals surface area contributed by atoms with Gasteiger partial charge in [0.2, 0.25) is 10.0 Å². The van der Waals surface area contributed by atoms with Crippen molar-refractivity contribution in [1.82, 2.24) is 9.62 Å². The summed E-state index contributed by atoms with van der Waals surface area (Å²) in [5.74, 6) is -0.0255. The van der Waals surface area contributed by atoms with E-state index in [0.29, 0.717) is 26.2 Å². The molecule has 1 saturated heterocycles. The average Bonchev–Trinajstić information content (AvgIpc) is 3.13. The second kappa shape index (κ2) is 6.80. The van der Waals surface area contributed by atoms with Gasteiger partial charge in [-0.2, -0.15) is 4.31 Å². The van der Waals surface area contributed by atoms with Crippen LogP contribution in [0.3, 0.4) is 0 Å². The molecule has 1 aromatic rings. The van der Waals surface area contributed by atoms with Crippen LogP contribution in [0.15, 0.2) is 15.4 Å². The molecule has 3 N–H and O–H groups in total. The van der Waals surface area contributed by atoms with Gasteiger partial charge < -0.3 is 15.5 Å². The number of nitrogens with one attached hydrogen (secondary N) is 1. The maximum Gasteiger partial charge on any atom is 0.287 e. The van der Waals surface area contributed by atoms with E-state index < -0.39 is 15.9 Å². The molecule has 124 valence electrons. The SMILES string of the molecule is Cc1oc(C(=O)NCC(C)CN)cc1S(=O)(=O)N1CCCC1. The molecule has 0 aromatic carbocycles. The number of hydrogen-bond acceptors (Lipinski definition) is 5. The highest BCUT2D eigenvalue weighted by atomic mass is 32.2. The molecule has 0 aliphatic carbocycles. The summed E-state index contributed by atoms with van der Waals surface area (Å²) in [5.41, 5.74) is 5.49. The second-order valence-corrected chi connectivity index (χ2v) is 7.60. The zero-order valence-electron chi connectivity index (χ0n) is 13.0. The first-order chi connectivity index (χ1) is 10.4. The van der Waals surface area contributed by atoms with E-state index >= 15 is 0 Å². The lowest BCUT2D eigenvalue weighted by atomic mass is 10.2. The van der Waals surface area contributed by atoms with E-state index in [0.717, 1.165) is 12.8 Å². The summed E-state index contributed by atoms with van der Waals surface area (Å²) in [6, 6.07) is 1.31. The van der Waals surface area contributed by atoms with Gasteiger partial charge in [0, 0.05) is 25.7 Å². The first kappa shape index (κ1) is 17.0. The molecular weight excluding hydrogens is 306 g/mol. The van der Waals surface area contributed by atoms with Crippen LogP contribution >= 0.6 is 0 Å². The van der Waals surface area contributed by atoms with Gasteiger partial charge in [0.05, 0.1) is 0 Å². The number of carbonyl (C=O) groups is 1. The summed E-state index contributed by atoms with van der Waals surface area (Å²) >= 11 is 0. The van der Waals surface area contributed by atoms with Crippen molar-refractivity contribution in [3.05, 3.63) is 17.6 Å². The minimum absolute atomic E-state index is 0.0134. The van der Waals surface area contributed by atoms with Crippen LogP contribution in [0.2, 0.25) is 0 Å². The van der Waals surface area contributed by atoms with Crippen molar-refractivity contribution in [2.45, 2.75) is 31.6 Å². The fourth-order valence-corrected chi connectivity index (χ4v) is 4.02. The Morgan fingerprint density at radius 2 is 2.09 bits per heavy atom. The van der Waals surface area contributed by atoms with E-state index in [2.05, 4.69) is 5.32 Å². The largest absolute Gasteiger partial charge is 0.455 e. The Kier molecular flexibility index (Phi) is 5.25. The minimum atomic E-state index is -3.58. The molecule has 8 heteroatoms. The summed E-state index contributed by atoms with van der Waals surface area (Å²) in [6.45, 7) is 5.39. The smallest absolute Gasteiger partial charge is 0.287 e. The third-order valence-corrected chi connectivity index (χ3v) is 5.80. The molecule has 1 aromatic heterocycles. The normalized spacial score (nSPS) is 17.6. The van der Waals surface area contributed by atoms with Crippen LogP contribution in [0, 0.1) is 12.8 Å². The third kappa shape index (κ3) is 3.50. The molecule has 1 aliphatic rings. The van der Waals surface area contributed by atoms with E-state index in [-0.39, 0.29) is 22.3 Å². The summed E-state index contributed by atoms with van der Waals surface area (Å²) < 4.78 is 31.8. The van der Waals surface area contributed by atoms with Crippen LogP contribution in [0.4, 0.5) is 0 Å². The topological polar surface area (TPSA) is 106 Å². The number of amides is 1. The second-order valence-electron chi connectivity index (χ2n) is 5.69. The van der Waals surface area contributed by atoms with Gasteiger partial charge in [0.15, 0.2) is 5.76 Å². The summed E-state index contributed by atoms with van der Waals surface area (Å²) in [5, 5.41) is 2.69. The number of aryl methyl sites for hydroxylation is 1. The number of sulfonamides is 1. The predicted molar refractivity (Wildman–Crippen MR) is 82.0 cm³/mol. The van der Waals surface area contributed by atoms with Crippen LogP contribution in [-0.4, -0.2) is 44.8 Å². The highest BCUT2D eigenvalue weighted by Crippen LogP contribution is 2.26. The maximum atomic E-state index is 12.5. The lowest BCUT2D eigenvalue weighted by Crippen LogP contribution is -2.31. The van der Waals surface area contributed by atoms with Crippen LogP contribution in [-0.2, 0) is 10.0 Å². The van der Waals surface area contributed by atoms with Gasteiger partial charge in [0.1, 0.15) is 10.7 Å². The molecular formula is C14H23N3O4S. The lowest BCUT2D eigenvalue weighted by Gasteiger charge is -2.14. The Morgan fingerprint density at radius 1 is 1.45 bits per heavy atom. The zero-order chi connectivity index (χ0) is 16.3. The first-order valence-corrected chi connectivity index (χ1v) is 8.89. The van der Waals surface area contributed by atoms with Crippen LogP contribution < -0.4 is 11.1 Å². The molecule has 0 radical (unpaired) electrons. The van der Waals surface area contributed by atoms with Crippen molar-refractivity contribution in [3.8, 4) is 0 Å². The molecule has 1 unspecified atom stereocenters. The summed E-state index contributed by atoms with van der Waals surface area (Å²) in [6.07, 6.45) is 1.72. The van der Waals surface area contributed by atoms with E-state index in [1.807, 2.05) is 6.92 Å².